The van der Waals surface area contributed by atoms with Crippen LogP contribution in [0.15, 0.2) is 77.3 Å². The summed E-state index contributed by atoms with van der Waals surface area (Å²) in [6.45, 7) is 0. The standard InChI is InChI=1S/C23H15BrClFN2O3/c24-14-6-4-5-13(11-14)20-19-21(31-28(20)15-7-2-1-3-8-15)23(30)27(22(19)29)16-9-10-17(25)18(26)12-16/h1-12,19-21H. The number of para-hydroxylation sites is 1. The Bertz CT molecular complexity index is 1190. The van der Waals surface area contributed by atoms with Crippen LogP contribution in [0.2, 0.25) is 5.02 Å². The van der Waals surface area contributed by atoms with Gasteiger partial charge in [0.05, 0.1) is 22.4 Å². The van der Waals surface area contributed by atoms with Crippen LogP contribution in [0, 0.1) is 11.7 Å². The predicted octanol–water partition coefficient (Wildman–Crippen LogP) is 5.29. The number of hydroxylamine groups is 1. The van der Waals surface area contributed by atoms with E-state index in [0.717, 1.165) is 26.7 Å². The third-order valence-electron chi connectivity index (χ3n) is 5.48. The van der Waals surface area contributed by atoms with Crippen LogP contribution in [0.4, 0.5) is 15.8 Å². The highest BCUT2D eigenvalue weighted by Gasteiger charge is 2.60. The molecule has 2 saturated heterocycles. The fourth-order valence-corrected chi connectivity index (χ4v) is 4.66. The summed E-state index contributed by atoms with van der Waals surface area (Å²) >= 11 is 9.23. The molecule has 3 aromatic rings. The second-order valence-corrected chi connectivity index (χ2v) is 8.65. The average molecular weight is 502 g/mol. The van der Waals surface area contributed by atoms with Gasteiger partial charge >= 0.3 is 0 Å². The molecule has 0 aliphatic carbocycles. The molecule has 0 spiro atoms. The number of hydrogen-bond acceptors (Lipinski definition) is 4. The summed E-state index contributed by atoms with van der Waals surface area (Å²) < 4.78 is 14.9. The lowest BCUT2D eigenvalue weighted by Crippen LogP contribution is -2.37. The number of fused-ring (bicyclic) bond motifs is 1. The molecule has 2 fully saturated rings. The second-order valence-electron chi connectivity index (χ2n) is 7.32. The van der Waals surface area contributed by atoms with Crippen molar-refractivity contribution in [1.29, 1.82) is 0 Å². The lowest BCUT2D eigenvalue weighted by atomic mass is 9.90. The first-order chi connectivity index (χ1) is 15.0. The van der Waals surface area contributed by atoms with E-state index in [4.69, 9.17) is 16.4 Å². The Morgan fingerprint density at radius 1 is 0.903 bits per heavy atom. The molecule has 2 heterocycles. The number of anilines is 2. The molecule has 0 radical (unpaired) electrons. The molecule has 2 aliphatic rings. The largest absolute Gasteiger partial charge is 0.273 e. The second kappa shape index (κ2) is 7.75. The summed E-state index contributed by atoms with van der Waals surface area (Å²) in [7, 11) is 0. The molecule has 3 unspecified atom stereocenters. The predicted molar refractivity (Wildman–Crippen MR) is 118 cm³/mol. The van der Waals surface area contributed by atoms with Gasteiger partial charge in [-0.2, -0.15) is 0 Å². The van der Waals surface area contributed by atoms with Gasteiger partial charge in [0.25, 0.3) is 5.91 Å². The third kappa shape index (κ3) is 3.33. The number of nitrogens with zero attached hydrogens (tertiary/aromatic N) is 2. The molecule has 5 rings (SSSR count). The minimum absolute atomic E-state index is 0.0819. The van der Waals surface area contributed by atoms with Gasteiger partial charge < -0.3 is 0 Å². The Morgan fingerprint density at radius 2 is 1.68 bits per heavy atom. The molecule has 156 valence electrons. The van der Waals surface area contributed by atoms with Gasteiger partial charge in [-0.05, 0) is 48.0 Å². The van der Waals surface area contributed by atoms with Gasteiger partial charge in [0.15, 0.2) is 6.10 Å². The van der Waals surface area contributed by atoms with Crippen molar-refractivity contribution >= 4 is 50.7 Å². The number of carbonyl (C=O) groups is 2. The van der Waals surface area contributed by atoms with E-state index >= 15 is 0 Å². The van der Waals surface area contributed by atoms with Gasteiger partial charge in [-0.3, -0.25) is 14.4 Å². The Morgan fingerprint density at radius 3 is 2.39 bits per heavy atom. The van der Waals surface area contributed by atoms with Crippen molar-refractivity contribution in [2.75, 3.05) is 9.96 Å². The van der Waals surface area contributed by atoms with Crippen LogP contribution in [0.1, 0.15) is 11.6 Å². The molecular formula is C23H15BrClFN2O3. The van der Waals surface area contributed by atoms with Crippen LogP contribution >= 0.6 is 27.5 Å². The molecule has 0 N–H and O–H groups in total. The fourth-order valence-electron chi connectivity index (χ4n) is 4.12. The average Bonchev–Trinajstić information content (AvgIpc) is 3.27. The van der Waals surface area contributed by atoms with E-state index in [9.17, 15) is 14.0 Å². The molecule has 31 heavy (non-hydrogen) atoms. The summed E-state index contributed by atoms with van der Waals surface area (Å²) in [5.74, 6) is -2.47. The van der Waals surface area contributed by atoms with E-state index in [1.165, 1.54) is 12.1 Å². The molecule has 0 saturated carbocycles. The highest BCUT2D eigenvalue weighted by molar-refractivity contribution is 9.10. The maximum atomic E-state index is 14.0. The highest BCUT2D eigenvalue weighted by Crippen LogP contribution is 2.48. The van der Waals surface area contributed by atoms with Crippen molar-refractivity contribution in [3.63, 3.8) is 0 Å². The van der Waals surface area contributed by atoms with E-state index in [1.807, 2.05) is 54.6 Å². The summed E-state index contributed by atoms with van der Waals surface area (Å²) in [6.07, 6.45) is -1.02. The maximum absolute atomic E-state index is 14.0. The molecule has 0 bridgehead atoms. The zero-order chi connectivity index (χ0) is 21.7. The van der Waals surface area contributed by atoms with E-state index in [0.29, 0.717) is 0 Å². The van der Waals surface area contributed by atoms with Gasteiger partial charge in [-0.1, -0.05) is 57.9 Å². The quantitative estimate of drug-likeness (QED) is 0.458. The Balaban J connectivity index is 1.59. The first-order valence-electron chi connectivity index (χ1n) is 9.55. The van der Waals surface area contributed by atoms with Crippen molar-refractivity contribution in [2.24, 2.45) is 5.92 Å². The zero-order valence-electron chi connectivity index (χ0n) is 15.9. The van der Waals surface area contributed by atoms with Crippen LogP contribution < -0.4 is 9.96 Å². The van der Waals surface area contributed by atoms with Gasteiger partial charge in [0.2, 0.25) is 5.91 Å². The highest BCUT2D eigenvalue weighted by atomic mass is 79.9. The number of carbonyl (C=O) groups excluding carboxylic acids is 2. The van der Waals surface area contributed by atoms with Crippen molar-refractivity contribution < 1.29 is 18.8 Å². The Labute approximate surface area is 191 Å². The molecule has 2 amide bonds. The normalized spacial score (nSPS) is 22.9. The van der Waals surface area contributed by atoms with Crippen LogP contribution in [-0.4, -0.2) is 17.9 Å². The van der Waals surface area contributed by atoms with Gasteiger partial charge in [-0.25, -0.2) is 14.4 Å². The van der Waals surface area contributed by atoms with Crippen molar-refractivity contribution in [1.82, 2.24) is 0 Å². The molecule has 0 aromatic heterocycles. The van der Waals surface area contributed by atoms with Gasteiger partial charge in [-0.15, -0.1) is 0 Å². The minimum atomic E-state index is -1.02. The zero-order valence-corrected chi connectivity index (χ0v) is 18.3. The van der Waals surface area contributed by atoms with Gasteiger partial charge in [0.1, 0.15) is 11.7 Å². The number of imide groups is 1. The number of amides is 2. The minimum Gasteiger partial charge on any atom is -0.273 e. The maximum Gasteiger partial charge on any atom is 0.266 e. The van der Waals surface area contributed by atoms with Crippen molar-refractivity contribution in [3.05, 3.63) is 93.7 Å². The summed E-state index contributed by atoms with van der Waals surface area (Å²) in [5, 5.41) is 1.54. The summed E-state index contributed by atoms with van der Waals surface area (Å²) in [4.78, 5) is 33.7. The van der Waals surface area contributed by atoms with E-state index in [2.05, 4.69) is 15.9 Å². The monoisotopic (exact) mass is 500 g/mol. The third-order valence-corrected chi connectivity index (χ3v) is 6.28. The Hall–Kier alpha value is -2.74. The number of benzene rings is 3. The summed E-state index contributed by atoms with van der Waals surface area (Å²) in [5.41, 5.74) is 1.68. The molecule has 5 nitrogen and oxygen atoms in total. The molecule has 3 aromatic carbocycles. The SMILES string of the molecule is O=C1C2ON(c3ccccc3)C(c3cccc(Br)c3)C2C(=O)N1c1ccc(Cl)c(F)c1. The van der Waals surface area contributed by atoms with Crippen LogP contribution in [0.3, 0.4) is 0 Å². The van der Waals surface area contributed by atoms with Crippen LogP contribution in [0.5, 0.6) is 0 Å². The van der Waals surface area contributed by atoms with Gasteiger partial charge in [0, 0.05) is 4.47 Å². The number of rotatable bonds is 3. The number of hydrogen-bond donors (Lipinski definition) is 0. The van der Waals surface area contributed by atoms with E-state index < -0.39 is 35.7 Å². The fraction of sp³-hybridized carbons (Fsp3) is 0.130. The van der Waals surface area contributed by atoms with E-state index in [1.54, 1.807) is 5.06 Å². The smallest absolute Gasteiger partial charge is 0.266 e. The van der Waals surface area contributed by atoms with E-state index in [-0.39, 0.29) is 10.7 Å². The number of halogens is 3. The summed E-state index contributed by atoms with van der Waals surface area (Å²) in [6, 6.07) is 20.2. The first-order valence-corrected chi connectivity index (χ1v) is 10.7. The first kappa shape index (κ1) is 20.2. The Kier molecular flexibility index (Phi) is 5.04. The van der Waals surface area contributed by atoms with Crippen molar-refractivity contribution in [3.8, 4) is 0 Å². The lowest BCUT2D eigenvalue weighted by molar-refractivity contribution is -0.126. The molecular weight excluding hydrogens is 487 g/mol. The lowest BCUT2D eigenvalue weighted by Gasteiger charge is -2.28. The van der Waals surface area contributed by atoms with Crippen molar-refractivity contribution in [2.45, 2.75) is 12.1 Å². The van der Waals surface area contributed by atoms with Crippen LogP contribution in [-0.2, 0) is 14.4 Å². The molecule has 2 aliphatic heterocycles. The molecule has 3 atom stereocenters. The van der Waals surface area contributed by atoms with Crippen LogP contribution in [0.25, 0.3) is 0 Å². The molecule has 8 heteroatoms. The topological polar surface area (TPSA) is 49.9 Å².